The number of benzene rings is 1. The van der Waals surface area contributed by atoms with Gasteiger partial charge in [0.25, 0.3) is 0 Å². The van der Waals surface area contributed by atoms with Crippen LogP contribution in [-0.2, 0) is 0 Å². The highest BCUT2D eigenvalue weighted by molar-refractivity contribution is 5.71. The number of aryl methyl sites for hydroxylation is 1. The molecule has 1 aliphatic rings. The molecule has 82 valence electrons. The molecule has 0 unspecified atom stereocenters. The van der Waals surface area contributed by atoms with Gasteiger partial charge < -0.3 is 5.11 Å². The molecule has 1 aliphatic carbocycles. The van der Waals surface area contributed by atoms with Crippen molar-refractivity contribution in [3.63, 3.8) is 0 Å². The van der Waals surface area contributed by atoms with Crippen LogP contribution in [0.3, 0.4) is 0 Å². The highest BCUT2D eigenvalue weighted by atomic mass is 16.3. The molecule has 1 aromatic carbocycles. The van der Waals surface area contributed by atoms with Crippen molar-refractivity contribution in [1.29, 1.82) is 0 Å². The first-order valence-electron chi connectivity index (χ1n) is 5.50. The molecule has 0 aliphatic heterocycles. The lowest BCUT2D eigenvalue weighted by atomic mass is 9.98. The van der Waals surface area contributed by atoms with Crippen LogP contribution in [-0.4, -0.2) is 5.11 Å². The second kappa shape index (κ2) is 4.40. The van der Waals surface area contributed by atoms with Gasteiger partial charge in [-0.2, -0.15) is 0 Å². The molecule has 0 bridgehead atoms. The van der Waals surface area contributed by atoms with Gasteiger partial charge in [0.2, 0.25) is 0 Å². The van der Waals surface area contributed by atoms with E-state index in [9.17, 15) is 5.11 Å². The van der Waals surface area contributed by atoms with E-state index in [0.29, 0.717) is 5.75 Å². The molecule has 0 amide bonds. The fraction of sp³-hybridized carbons (Fsp3) is 0.200. The number of allylic oxidation sites excluding steroid dienone is 6. The first kappa shape index (κ1) is 10.7. The second-order valence-corrected chi connectivity index (χ2v) is 4.27. The van der Waals surface area contributed by atoms with Crippen molar-refractivity contribution in [2.75, 3.05) is 0 Å². The van der Waals surface area contributed by atoms with Gasteiger partial charge >= 0.3 is 0 Å². The zero-order valence-electron chi connectivity index (χ0n) is 9.70. The average molecular weight is 212 g/mol. The fourth-order valence-electron chi connectivity index (χ4n) is 1.82. The summed E-state index contributed by atoms with van der Waals surface area (Å²) in [6, 6.07) is 5.86. The third-order valence-electron chi connectivity index (χ3n) is 2.84. The largest absolute Gasteiger partial charge is 0.508 e. The molecule has 0 radical (unpaired) electrons. The van der Waals surface area contributed by atoms with Gasteiger partial charge in [-0.1, -0.05) is 42.0 Å². The van der Waals surface area contributed by atoms with E-state index in [1.54, 1.807) is 0 Å². The molecule has 1 N–H and O–H groups in total. The lowest BCUT2D eigenvalue weighted by Gasteiger charge is -2.08. The molecule has 0 spiro atoms. The average Bonchev–Trinajstić information content (AvgIpc) is 2.47. The number of phenols is 1. The standard InChI is InChI=1S/C15H16O/c1-11-5-3-4-6-13(9-11)14-8-7-12(2)15(16)10-14/h3-8,10,16H,9H2,1-2H3. The zero-order chi connectivity index (χ0) is 11.5. The minimum Gasteiger partial charge on any atom is -0.508 e. The Morgan fingerprint density at radius 2 is 1.81 bits per heavy atom. The van der Waals surface area contributed by atoms with Crippen LogP contribution >= 0.6 is 0 Å². The van der Waals surface area contributed by atoms with Crippen LogP contribution in [0.4, 0.5) is 0 Å². The summed E-state index contributed by atoms with van der Waals surface area (Å²) in [7, 11) is 0. The molecule has 0 heterocycles. The van der Waals surface area contributed by atoms with Crippen LogP contribution in [0, 0.1) is 6.92 Å². The molecular formula is C15H16O. The molecular weight excluding hydrogens is 196 g/mol. The van der Waals surface area contributed by atoms with Crippen LogP contribution in [0.2, 0.25) is 0 Å². The Balaban J connectivity index is 2.37. The van der Waals surface area contributed by atoms with E-state index >= 15 is 0 Å². The second-order valence-electron chi connectivity index (χ2n) is 4.27. The van der Waals surface area contributed by atoms with E-state index in [1.807, 2.05) is 25.1 Å². The Morgan fingerprint density at radius 3 is 2.56 bits per heavy atom. The minimum atomic E-state index is 0.369. The van der Waals surface area contributed by atoms with E-state index < -0.39 is 0 Å². The first-order chi connectivity index (χ1) is 7.66. The molecule has 16 heavy (non-hydrogen) atoms. The first-order valence-corrected chi connectivity index (χ1v) is 5.50. The van der Waals surface area contributed by atoms with Crippen LogP contribution in [0.25, 0.3) is 5.57 Å². The van der Waals surface area contributed by atoms with Crippen molar-refractivity contribution < 1.29 is 5.11 Å². The van der Waals surface area contributed by atoms with Crippen LogP contribution < -0.4 is 0 Å². The molecule has 1 nitrogen and oxygen atoms in total. The number of hydrogen-bond acceptors (Lipinski definition) is 1. The predicted octanol–water partition coefficient (Wildman–Crippen LogP) is 3.99. The number of rotatable bonds is 1. The third-order valence-corrected chi connectivity index (χ3v) is 2.84. The SMILES string of the molecule is CC1=CC=CC=C(c2ccc(C)c(O)c2)C1. The van der Waals surface area contributed by atoms with Crippen molar-refractivity contribution in [3.05, 3.63) is 59.2 Å². The van der Waals surface area contributed by atoms with Gasteiger partial charge in [0, 0.05) is 0 Å². The summed E-state index contributed by atoms with van der Waals surface area (Å²) in [6.07, 6.45) is 9.27. The Hall–Kier alpha value is -1.76. The van der Waals surface area contributed by atoms with Crippen molar-refractivity contribution in [3.8, 4) is 5.75 Å². The van der Waals surface area contributed by atoms with E-state index in [4.69, 9.17) is 0 Å². The van der Waals surface area contributed by atoms with Crippen LogP contribution in [0.15, 0.2) is 48.1 Å². The summed E-state index contributed by atoms with van der Waals surface area (Å²) in [5.74, 6) is 0.369. The van der Waals surface area contributed by atoms with Crippen molar-refractivity contribution in [1.82, 2.24) is 0 Å². The topological polar surface area (TPSA) is 20.2 Å². The molecule has 0 atom stereocenters. The molecule has 0 saturated heterocycles. The molecule has 0 aromatic heterocycles. The Morgan fingerprint density at radius 1 is 1.06 bits per heavy atom. The fourth-order valence-corrected chi connectivity index (χ4v) is 1.82. The molecule has 0 saturated carbocycles. The summed E-state index contributed by atoms with van der Waals surface area (Å²) < 4.78 is 0. The highest BCUT2D eigenvalue weighted by Crippen LogP contribution is 2.28. The summed E-state index contributed by atoms with van der Waals surface area (Å²) in [6.45, 7) is 4.03. The van der Waals surface area contributed by atoms with Crippen molar-refractivity contribution >= 4 is 5.57 Å². The van der Waals surface area contributed by atoms with Crippen LogP contribution in [0.5, 0.6) is 5.75 Å². The lowest BCUT2D eigenvalue weighted by Crippen LogP contribution is -1.86. The van der Waals surface area contributed by atoms with Gasteiger partial charge in [-0.15, -0.1) is 0 Å². The smallest absolute Gasteiger partial charge is 0.119 e. The van der Waals surface area contributed by atoms with Gasteiger partial charge in [0.1, 0.15) is 5.75 Å². The van der Waals surface area contributed by atoms with E-state index in [0.717, 1.165) is 17.5 Å². The maximum Gasteiger partial charge on any atom is 0.119 e. The third kappa shape index (κ3) is 2.25. The molecule has 0 fully saturated rings. The Kier molecular flexibility index (Phi) is 2.95. The van der Waals surface area contributed by atoms with Crippen LogP contribution in [0.1, 0.15) is 24.5 Å². The number of hydrogen-bond donors (Lipinski definition) is 1. The lowest BCUT2D eigenvalue weighted by molar-refractivity contribution is 0.471. The summed E-state index contributed by atoms with van der Waals surface area (Å²) in [5, 5.41) is 9.71. The summed E-state index contributed by atoms with van der Waals surface area (Å²) >= 11 is 0. The van der Waals surface area contributed by atoms with E-state index in [-0.39, 0.29) is 0 Å². The minimum absolute atomic E-state index is 0.369. The summed E-state index contributed by atoms with van der Waals surface area (Å²) in [4.78, 5) is 0. The maximum atomic E-state index is 9.71. The Bertz CT molecular complexity index is 490. The molecule has 1 aromatic rings. The predicted molar refractivity (Wildman–Crippen MR) is 68.3 cm³/mol. The van der Waals surface area contributed by atoms with Crippen molar-refractivity contribution in [2.45, 2.75) is 20.3 Å². The zero-order valence-corrected chi connectivity index (χ0v) is 9.70. The normalized spacial score (nSPS) is 15.4. The maximum absolute atomic E-state index is 9.71. The van der Waals surface area contributed by atoms with E-state index in [2.05, 4.69) is 31.2 Å². The van der Waals surface area contributed by atoms with Gasteiger partial charge in [-0.3, -0.25) is 0 Å². The molecule has 2 rings (SSSR count). The quantitative estimate of drug-likeness (QED) is 0.746. The Labute approximate surface area is 96.4 Å². The van der Waals surface area contributed by atoms with Gasteiger partial charge in [-0.05, 0) is 43.0 Å². The number of phenolic OH excluding ortho intramolecular Hbond substituents is 1. The van der Waals surface area contributed by atoms with Crippen molar-refractivity contribution in [2.24, 2.45) is 0 Å². The molecule has 1 heteroatoms. The number of aromatic hydroxyl groups is 1. The monoisotopic (exact) mass is 212 g/mol. The van der Waals surface area contributed by atoms with Gasteiger partial charge in [-0.25, -0.2) is 0 Å². The van der Waals surface area contributed by atoms with Gasteiger partial charge in [0.05, 0.1) is 0 Å². The highest BCUT2D eigenvalue weighted by Gasteiger charge is 2.05. The summed E-state index contributed by atoms with van der Waals surface area (Å²) in [5.41, 5.74) is 4.60. The van der Waals surface area contributed by atoms with E-state index in [1.165, 1.54) is 11.1 Å². The van der Waals surface area contributed by atoms with Gasteiger partial charge in [0.15, 0.2) is 0 Å².